The number of carbonyl (C=O) groups excluding carboxylic acids is 5. The highest BCUT2D eigenvalue weighted by atomic mass is 79.9. The first-order chi connectivity index (χ1) is 50.2. The van der Waals surface area contributed by atoms with Gasteiger partial charge in [0.05, 0.1) is 39.5 Å². The largest absolute Gasteiger partial charge is 0.488 e. The number of aromatic nitrogens is 16. The molecule has 3 aliphatic rings. The van der Waals surface area contributed by atoms with E-state index in [1.165, 1.54) is 35.9 Å². The highest BCUT2D eigenvalue weighted by molar-refractivity contribution is 9.11. The molecular weight excluding hydrogens is 1690 g/mol. The van der Waals surface area contributed by atoms with E-state index in [-0.39, 0.29) is 107 Å². The number of H-pyrrole nitrogens is 4. The second-order valence-corrected chi connectivity index (χ2v) is 28.7. The number of nitrogens with one attached hydrogen (secondary N) is 4. The second kappa shape index (κ2) is 35.4. The van der Waals surface area contributed by atoms with Crippen LogP contribution in [0.25, 0.3) is 55.4 Å². The van der Waals surface area contributed by atoms with Gasteiger partial charge in [0.2, 0.25) is 17.7 Å². The molecule has 3 fully saturated rings. The summed E-state index contributed by atoms with van der Waals surface area (Å²) in [5.41, 5.74) is -4.40. The molecule has 45 heteroatoms. The number of alkyl halides is 7. The standard InChI is InChI=1S/C18H15ClF3N5O2.C16H20BrN5O4.C10H11BrN4O3.C7H5BClF3O2.C6H10ClNO.C5H3BrN4O/c19-12-4-3-10(7-11(12)18(20,21)22)15-14-16(25-24-15)23-9-27(17(14)29)8-13(28)26-5-1-2-6-26;1-16(2,3)26-15(25)22-13-11(12(17)19-22)14(24)21(9-18-13)8-10(23)20-6-4-5-7-20;1-10(2,3)18-9(17)15-7-5(6(11)14-15)8(16)13-4-12-7;9-6-2-1-4(8(13)14)3-5(6)7(10,11)12;7-5-6(9)8-3-1-2-4-8;6-3-2-4(10-9-3)7-1-8-5(2)11/h3-4,7,9H,1-2,5-6,8H2,(H,24,25);9H,4-8H2,1-3H3;4H,1-3H3,(H,12,13,16);1-3,13-14H;1-5H2;1H,(H2,7,8,9,10,11). The number of hydrogen-bond acceptors (Lipinski definition) is 21. The van der Waals surface area contributed by atoms with Crippen LogP contribution in [-0.4, -0.2) is 197 Å². The van der Waals surface area contributed by atoms with Crippen LogP contribution in [0.5, 0.6) is 0 Å². The van der Waals surface area contributed by atoms with Crippen LogP contribution in [0, 0.1) is 0 Å². The van der Waals surface area contributed by atoms with Crippen LogP contribution >= 0.6 is 82.6 Å². The first-order valence-corrected chi connectivity index (χ1v) is 35.6. The van der Waals surface area contributed by atoms with Crippen molar-refractivity contribution in [1.82, 2.24) is 93.7 Å². The van der Waals surface area contributed by atoms with Crippen LogP contribution in [0.1, 0.15) is 91.2 Å². The Bertz CT molecular complexity index is 5170. The lowest BCUT2D eigenvalue weighted by molar-refractivity contribution is -0.138. The molecule has 107 heavy (non-hydrogen) atoms. The molecular formula is C62H64BBr3Cl3F6N19O13. The molecule has 2 aromatic carbocycles. The van der Waals surface area contributed by atoms with Gasteiger partial charge < -0.3 is 44.2 Å². The molecule has 11 heterocycles. The number of hydrogen-bond donors (Lipinski definition) is 6. The summed E-state index contributed by atoms with van der Waals surface area (Å²) in [5.74, 6) is -0.114. The first-order valence-electron chi connectivity index (χ1n) is 31.9. The Hall–Kier alpha value is -8.94. The van der Waals surface area contributed by atoms with Gasteiger partial charge in [0.15, 0.2) is 22.6 Å². The lowest BCUT2D eigenvalue weighted by atomic mass is 9.79. The van der Waals surface area contributed by atoms with Crippen molar-refractivity contribution in [3.63, 3.8) is 0 Å². The fourth-order valence-corrected chi connectivity index (χ4v) is 12.4. The molecule has 0 spiro atoms. The highest BCUT2D eigenvalue weighted by Crippen LogP contribution is 2.38. The van der Waals surface area contributed by atoms with E-state index in [0.29, 0.717) is 47.9 Å². The summed E-state index contributed by atoms with van der Waals surface area (Å²) in [4.78, 5) is 134. The summed E-state index contributed by atoms with van der Waals surface area (Å²) in [7, 11) is -1.94. The highest BCUT2D eigenvalue weighted by Gasteiger charge is 2.36. The number of carbonyl (C=O) groups is 5. The maximum Gasteiger partial charge on any atom is 0.488 e. The summed E-state index contributed by atoms with van der Waals surface area (Å²) in [6, 6.07) is 6.00. The van der Waals surface area contributed by atoms with E-state index in [1.807, 2.05) is 4.90 Å². The lowest BCUT2D eigenvalue weighted by Crippen LogP contribution is -2.34. The normalized spacial score (nSPS) is 13.7. The molecule has 6 N–H and O–H groups in total. The summed E-state index contributed by atoms with van der Waals surface area (Å²) in [6.07, 6.45) is 0.415. The molecule has 572 valence electrons. The molecule has 0 atom stereocenters. The van der Waals surface area contributed by atoms with Crippen molar-refractivity contribution in [2.45, 2.75) is 117 Å². The Morgan fingerprint density at radius 2 is 0.972 bits per heavy atom. The van der Waals surface area contributed by atoms with E-state index in [9.17, 15) is 69.5 Å². The molecule has 3 amide bonds. The minimum absolute atomic E-state index is 0.0113. The summed E-state index contributed by atoms with van der Waals surface area (Å²) in [6.45, 7) is 14.7. The quantitative estimate of drug-likeness (QED) is 0.0493. The third-order valence-electron chi connectivity index (χ3n) is 15.3. The average molecular weight is 1750 g/mol. The maximum atomic E-state index is 13.2. The fourth-order valence-electron chi connectivity index (χ4n) is 10.3. The number of rotatable bonds is 7. The van der Waals surface area contributed by atoms with Gasteiger partial charge in [-0.2, -0.15) is 46.7 Å². The SMILES string of the molecule is CC(C)(C)OC(=O)n1nc(Br)c2c(=O)[nH]cnc21.CC(C)(C)OC(=O)n1nc(Br)c2c(=O)n(CC(=O)N3CCCC3)cnc21.O=C(CCl)N1CCCC1.O=C(Cn1cnc2n[nH]c(-c3ccc(Cl)c(C(F)(F)F)c3)c2c1=O)N1CCCC1.O=c1[nH]cnc2n[nH]c(Br)c12.OB(O)c1ccc(Cl)c(C(F)(F)F)c1. The van der Waals surface area contributed by atoms with Crippen molar-refractivity contribution in [1.29, 1.82) is 0 Å². The van der Waals surface area contributed by atoms with Crippen LogP contribution in [-0.2, 0) is 49.3 Å². The van der Waals surface area contributed by atoms with Crippen molar-refractivity contribution in [3.8, 4) is 11.3 Å². The number of nitrogens with zero attached hydrogens (tertiary/aromatic N) is 15. The number of benzene rings is 2. The van der Waals surface area contributed by atoms with E-state index >= 15 is 0 Å². The van der Waals surface area contributed by atoms with Gasteiger partial charge in [-0.05, 0) is 158 Å². The van der Waals surface area contributed by atoms with Crippen molar-refractivity contribution >= 4 is 169 Å². The van der Waals surface area contributed by atoms with Crippen LogP contribution in [0.15, 0.2) is 94.7 Å². The monoisotopic (exact) mass is 1750 g/mol. The van der Waals surface area contributed by atoms with Gasteiger partial charge >= 0.3 is 31.7 Å². The lowest BCUT2D eigenvalue weighted by Gasteiger charge is -2.19. The van der Waals surface area contributed by atoms with Crippen molar-refractivity contribution in [2.24, 2.45) is 0 Å². The summed E-state index contributed by atoms with van der Waals surface area (Å²) in [5, 5.41) is 38.0. The molecule has 0 radical (unpaired) electrons. The zero-order valence-electron chi connectivity index (χ0n) is 57.1. The minimum atomic E-state index is -4.65. The Balaban J connectivity index is 0.000000169. The van der Waals surface area contributed by atoms with E-state index in [1.54, 1.807) is 51.3 Å². The topological polar surface area (TPSA) is 408 Å². The molecule has 8 aromatic heterocycles. The molecule has 32 nitrogen and oxygen atoms in total. The van der Waals surface area contributed by atoms with E-state index < -0.39 is 75.2 Å². The number of aromatic amines is 4. The van der Waals surface area contributed by atoms with Gasteiger partial charge in [0.25, 0.3) is 22.2 Å². The number of amides is 3. The van der Waals surface area contributed by atoms with E-state index in [4.69, 9.17) is 54.3 Å². The van der Waals surface area contributed by atoms with Crippen molar-refractivity contribution < 1.29 is 69.8 Å². The molecule has 3 aliphatic heterocycles. The van der Waals surface area contributed by atoms with E-state index in [2.05, 4.69) is 108 Å². The molecule has 0 aliphatic carbocycles. The molecule has 13 rings (SSSR count). The van der Waals surface area contributed by atoms with Crippen LogP contribution in [0.4, 0.5) is 35.9 Å². The predicted molar refractivity (Wildman–Crippen MR) is 389 cm³/mol. The Morgan fingerprint density at radius 1 is 0.551 bits per heavy atom. The Labute approximate surface area is 640 Å². The number of ether oxygens (including phenoxy) is 2. The zero-order valence-corrected chi connectivity index (χ0v) is 64.1. The predicted octanol–water partition coefficient (Wildman–Crippen LogP) is 8.80. The molecule has 0 saturated carbocycles. The number of halogens is 12. The first kappa shape index (κ1) is 83.7. The van der Waals surface area contributed by atoms with Gasteiger partial charge in [0, 0.05) is 44.8 Å². The maximum absolute atomic E-state index is 13.2. The third kappa shape index (κ3) is 21.5. The third-order valence-corrected chi connectivity index (χ3v) is 17.9. The van der Waals surface area contributed by atoms with Crippen molar-refractivity contribution in [3.05, 3.63) is 138 Å². The minimum Gasteiger partial charge on any atom is -0.442 e. The van der Waals surface area contributed by atoms with Crippen LogP contribution in [0.2, 0.25) is 10.0 Å². The number of likely N-dealkylation sites (tertiary alicyclic amines) is 3. The zero-order chi connectivity index (χ0) is 78.8. The Morgan fingerprint density at radius 3 is 1.45 bits per heavy atom. The summed E-state index contributed by atoms with van der Waals surface area (Å²) >= 11 is 25.8. The van der Waals surface area contributed by atoms with E-state index in [0.717, 1.165) is 89.8 Å². The van der Waals surface area contributed by atoms with Crippen molar-refractivity contribution in [2.75, 3.05) is 45.1 Å². The molecule has 3 saturated heterocycles. The Kier molecular flexibility index (Phi) is 27.7. The summed E-state index contributed by atoms with van der Waals surface area (Å²) < 4.78 is 92.0. The molecule has 0 bridgehead atoms. The average Bonchev–Trinajstić information content (AvgIpc) is 1.71. The van der Waals surface area contributed by atoms with Gasteiger partial charge in [0.1, 0.15) is 78.2 Å². The second-order valence-electron chi connectivity index (χ2n) is 25.3. The van der Waals surface area contributed by atoms with Gasteiger partial charge in [-0.15, -0.1) is 21.0 Å². The smallest absolute Gasteiger partial charge is 0.442 e. The fraction of sp³-hybridized carbons (Fsp3) is 0.403. The van der Waals surface area contributed by atoms with Gasteiger partial charge in [-0.3, -0.25) is 52.9 Å². The molecule has 0 unspecified atom stereocenters. The van der Waals surface area contributed by atoms with Gasteiger partial charge in [-0.1, -0.05) is 35.3 Å². The van der Waals surface area contributed by atoms with Crippen LogP contribution in [0.3, 0.4) is 0 Å². The number of fused-ring (bicyclic) bond motifs is 4. The molecule has 10 aromatic rings. The van der Waals surface area contributed by atoms with Gasteiger partial charge in [-0.25, -0.2) is 29.5 Å². The van der Waals surface area contributed by atoms with Crippen LogP contribution < -0.4 is 27.7 Å².